The van der Waals surface area contributed by atoms with E-state index in [0.717, 1.165) is 5.56 Å². The molecule has 0 saturated carbocycles. The van der Waals surface area contributed by atoms with Crippen molar-refractivity contribution in [3.8, 4) is 5.75 Å². The fraction of sp³-hybridized carbons (Fsp3) is 0.452. The maximum absolute atomic E-state index is 14.4. The lowest BCUT2D eigenvalue weighted by Crippen LogP contribution is -2.55. The van der Waals surface area contributed by atoms with E-state index in [0.29, 0.717) is 44.5 Å². The minimum Gasteiger partial charge on any atom is -0.491 e. The summed E-state index contributed by atoms with van der Waals surface area (Å²) in [5.41, 5.74) is 1.15. The monoisotopic (exact) mass is 757 g/mol. The van der Waals surface area contributed by atoms with Crippen molar-refractivity contribution in [2.75, 3.05) is 47.0 Å². The van der Waals surface area contributed by atoms with E-state index in [9.17, 15) is 28.4 Å². The van der Waals surface area contributed by atoms with Crippen molar-refractivity contribution in [1.82, 2.24) is 25.8 Å². The summed E-state index contributed by atoms with van der Waals surface area (Å²) in [4.78, 5) is 72.2. The number of nitrogens with one attached hydrogen (secondary N) is 3. The van der Waals surface area contributed by atoms with Gasteiger partial charge >= 0.3 is 0 Å². The normalized spacial score (nSPS) is 21.5. The second-order valence-electron chi connectivity index (χ2n) is 15.0. The molecule has 3 aromatic carbocycles. The summed E-state index contributed by atoms with van der Waals surface area (Å²) in [5.74, 6) is -2.85. The molecule has 0 spiro atoms. The van der Waals surface area contributed by atoms with E-state index in [1.807, 2.05) is 50.2 Å². The Kier molecular flexibility index (Phi) is 14.0. The minimum atomic E-state index is -1.35. The van der Waals surface area contributed by atoms with E-state index in [2.05, 4.69) is 16.0 Å². The quantitative estimate of drug-likeness (QED) is 0.318. The maximum atomic E-state index is 14.4. The molecule has 2 aliphatic rings. The molecule has 1 fully saturated rings. The van der Waals surface area contributed by atoms with Crippen molar-refractivity contribution >= 4 is 29.5 Å². The molecule has 12 nitrogen and oxygen atoms in total. The second kappa shape index (κ2) is 18.8. The first kappa shape index (κ1) is 40.9. The van der Waals surface area contributed by atoms with Crippen molar-refractivity contribution in [2.45, 2.75) is 69.5 Å². The Morgan fingerprint density at radius 1 is 0.945 bits per heavy atom. The number of amides is 5. The molecule has 3 atom stereocenters. The molecule has 0 aliphatic carbocycles. The third-order valence-electron chi connectivity index (χ3n) is 10.3. The van der Waals surface area contributed by atoms with Gasteiger partial charge in [0, 0.05) is 39.3 Å². The average Bonchev–Trinajstić information content (AvgIpc) is 3.17. The number of hydrogen-bond donors (Lipinski definition) is 3. The summed E-state index contributed by atoms with van der Waals surface area (Å²) < 4.78 is 26.2. The lowest BCUT2D eigenvalue weighted by atomic mass is 9.74. The van der Waals surface area contributed by atoms with Gasteiger partial charge in [0.1, 0.15) is 30.3 Å². The number of carbonyl (C=O) groups is 5. The van der Waals surface area contributed by atoms with Crippen LogP contribution in [0.2, 0.25) is 0 Å². The van der Waals surface area contributed by atoms with Gasteiger partial charge in [0.2, 0.25) is 23.6 Å². The van der Waals surface area contributed by atoms with Crippen LogP contribution in [0.15, 0.2) is 78.9 Å². The first-order chi connectivity index (χ1) is 26.3. The fourth-order valence-electron chi connectivity index (χ4n) is 7.18. The highest BCUT2D eigenvalue weighted by molar-refractivity contribution is 6.01. The molecule has 0 unspecified atom stereocenters. The van der Waals surface area contributed by atoms with Crippen molar-refractivity contribution in [3.63, 3.8) is 0 Å². The zero-order valence-corrected chi connectivity index (χ0v) is 32.0. The minimum absolute atomic E-state index is 0.00159. The topological polar surface area (TPSA) is 146 Å². The number of rotatable bonds is 8. The molecule has 0 aromatic heterocycles. The molecule has 3 N–H and O–H groups in total. The number of hydrogen-bond acceptors (Lipinski definition) is 7. The Labute approximate surface area is 322 Å². The van der Waals surface area contributed by atoms with Crippen LogP contribution in [-0.4, -0.2) is 104 Å². The molecule has 5 rings (SSSR count). The Balaban J connectivity index is 1.47. The summed E-state index contributed by atoms with van der Waals surface area (Å²) in [5, 5.41) is 8.72. The van der Waals surface area contributed by atoms with Crippen LogP contribution >= 0.6 is 0 Å². The highest BCUT2D eigenvalue weighted by atomic mass is 19.1. The first-order valence-electron chi connectivity index (χ1n) is 18.8. The fourth-order valence-corrected chi connectivity index (χ4v) is 7.18. The van der Waals surface area contributed by atoms with Crippen molar-refractivity contribution in [3.05, 3.63) is 101 Å². The maximum Gasteiger partial charge on any atom is 0.255 e. The summed E-state index contributed by atoms with van der Waals surface area (Å²) in [6, 6.07) is 19.5. The molecule has 0 bridgehead atoms. The van der Waals surface area contributed by atoms with Gasteiger partial charge in [-0.2, -0.15) is 0 Å². The van der Waals surface area contributed by atoms with E-state index in [1.165, 1.54) is 36.0 Å². The number of ether oxygens (including phenoxy) is 2. The Hall–Kier alpha value is -5.30. The van der Waals surface area contributed by atoms with E-state index in [4.69, 9.17) is 9.47 Å². The zero-order valence-electron chi connectivity index (χ0n) is 32.0. The van der Waals surface area contributed by atoms with Crippen LogP contribution in [0.5, 0.6) is 5.75 Å². The van der Waals surface area contributed by atoms with Crippen molar-refractivity contribution < 1.29 is 37.8 Å². The van der Waals surface area contributed by atoms with Gasteiger partial charge in [0.15, 0.2) is 0 Å². The van der Waals surface area contributed by atoms with Gasteiger partial charge in [0.25, 0.3) is 5.91 Å². The largest absolute Gasteiger partial charge is 0.491 e. The smallest absolute Gasteiger partial charge is 0.255 e. The van der Waals surface area contributed by atoms with Crippen LogP contribution in [0.3, 0.4) is 0 Å². The predicted octanol–water partition coefficient (Wildman–Crippen LogP) is 3.63. The third kappa shape index (κ3) is 10.9. The predicted molar refractivity (Wildman–Crippen MR) is 205 cm³/mol. The van der Waals surface area contributed by atoms with Gasteiger partial charge < -0.3 is 35.2 Å². The number of nitrogens with zero attached hydrogens (tertiary/aromatic N) is 2. The molecule has 13 heteroatoms. The zero-order chi connectivity index (χ0) is 39.5. The van der Waals surface area contributed by atoms with Crippen molar-refractivity contribution in [1.29, 1.82) is 0 Å². The second-order valence-corrected chi connectivity index (χ2v) is 15.0. The van der Waals surface area contributed by atoms with E-state index >= 15 is 0 Å². The van der Waals surface area contributed by atoms with Gasteiger partial charge in [-0.25, -0.2) is 4.39 Å². The summed E-state index contributed by atoms with van der Waals surface area (Å²) in [6.45, 7) is 4.52. The van der Waals surface area contributed by atoms with Crippen LogP contribution < -0.4 is 20.7 Å². The lowest BCUT2D eigenvalue weighted by molar-refractivity contribution is -0.146. The van der Waals surface area contributed by atoms with Crippen LogP contribution in [0, 0.1) is 11.7 Å². The molecule has 2 heterocycles. The van der Waals surface area contributed by atoms with E-state index in [-0.39, 0.29) is 36.9 Å². The van der Waals surface area contributed by atoms with Gasteiger partial charge in [-0.3, -0.25) is 24.0 Å². The summed E-state index contributed by atoms with van der Waals surface area (Å²) >= 11 is 0. The van der Waals surface area contributed by atoms with Crippen LogP contribution in [-0.2, 0) is 35.8 Å². The molecule has 3 aromatic rings. The number of carbonyl (C=O) groups excluding carboxylic acids is 5. The molecule has 0 radical (unpaired) electrons. The van der Waals surface area contributed by atoms with Crippen LogP contribution in [0.4, 0.5) is 4.39 Å². The number of fused-ring (bicyclic) bond motifs is 1. The number of para-hydroxylation sites is 1. The standard InChI is InChI=1S/C42H52FN5O7/c1-28(2)21-35-41(53)47(3)25-37(49)45-32(22-29-11-6-5-7-12-29)26-55-36-16-9-8-15-33(36)39(51)46-34(24-38(50)48(35)4)40(52)44-27-42(17-19-54-20-18-42)30-13-10-14-31(43)23-30/h5-16,23,28,32,34-35H,17-22,24-27H2,1-4H3,(H,44,52)(H,45,49)(H,46,51)/t32-,34+,35+/m1/s1. The Morgan fingerprint density at radius 3 is 2.36 bits per heavy atom. The lowest BCUT2D eigenvalue weighted by Gasteiger charge is -2.38. The molecular formula is C42H52FN5O7. The number of likely N-dealkylation sites (N-methyl/N-ethyl adjacent to an activating group) is 2. The van der Waals surface area contributed by atoms with Gasteiger partial charge in [-0.1, -0.05) is 68.4 Å². The van der Waals surface area contributed by atoms with Gasteiger partial charge in [0.05, 0.1) is 24.6 Å². The van der Waals surface area contributed by atoms with E-state index in [1.54, 1.807) is 30.3 Å². The number of halogens is 1. The molecular weight excluding hydrogens is 705 g/mol. The highest BCUT2D eigenvalue weighted by Crippen LogP contribution is 2.35. The Morgan fingerprint density at radius 2 is 1.65 bits per heavy atom. The van der Waals surface area contributed by atoms with Crippen molar-refractivity contribution in [2.24, 2.45) is 5.92 Å². The molecule has 5 amide bonds. The first-order valence-corrected chi connectivity index (χ1v) is 18.8. The molecule has 294 valence electrons. The van der Waals surface area contributed by atoms with Crippen LogP contribution in [0.25, 0.3) is 0 Å². The summed E-state index contributed by atoms with van der Waals surface area (Å²) in [7, 11) is 3.01. The van der Waals surface area contributed by atoms with E-state index < -0.39 is 65.3 Å². The molecule has 1 saturated heterocycles. The average molecular weight is 758 g/mol. The third-order valence-corrected chi connectivity index (χ3v) is 10.3. The SMILES string of the molecule is CC(C)C[C@H]1C(=O)N(C)CC(=O)N[C@H](Cc2ccccc2)COc2ccccc2C(=O)N[C@H](C(=O)NCC2(c3cccc(F)c3)CCOCC2)CC(=O)N1C. The van der Waals surface area contributed by atoms with Gasteiger partial charge in [-0.15, -0.1) is 0 Å². The Bertz CT molecular complexity index is 1820. The molecule has 2 aliphatic heterocycles. The summed E-state index contributed by atoms with van der Waals surface area (Å²) in [6.07, 6.45) is 1.30. The molecule has 55 heavy (non-hydrogen) atoms. The van der Waals surface area contributed by atoms with Crippen LogP contribution in [0.1, 0.15) is 61.0 Å². The highest BCUT2D eigenvalue weighted by Gasteiger charge is 2.38. The van der Waals surface area contributed by atoms with Gasteiger partial charge in [-0.05, 0) is 67.0 Å². The number of benzene rings is 3.